The lowest BCUT2D eigenvalue weighted by atomic mass is 10.2. The molecule has 0 saturated heterocycles. The minimum Gasteiger partial charge on any atom is -0.351 e. The lowest BCUT2D eigenvalue weighted by molar-refractivity contribution is 0.0952. The number of fused-ring (bicyclic) bond motifs is 1. The SMILES string of the molecule is CN(CCNC(=O)c1ccc2nccn2c1)S(C)(=O)=O. The second-order valence-corrected chi connectivity index (χ2v) is 6.54. The molecule has 7 nitrogen and oxygen atoms in total. The average Bonchev–Trinajstić information content (AvgIpc) is 2.84. The van der Waals surface area contributed by atoms with Crippen molar-refractivity contribution in [3.05, 3.63) is 36.3 Å². The quantitative estimate of drug-likeness (QED) is 0.839. The van der Waals surface area contributed by atoms with Crippen LogP contribution in [0.5, 0.6) is 0 Å². The predicted octanol–water partition coefficient (Wildman–Crippen LogP) is -0.0445. The van der Waals surface area contributed by atoms with Crippen molar-refractivity contribution in [2.75, 3.05) is 26.4 Å². The number of rotatable bonds is 5. The van der Waals surface area contributed by atoms with E-state index in [4.69, 9.17) is 0 Å². The molecule has 108 valence electrons. The second kappa shape index (κ2) is 5.59. The smallest absolute Gasteiger partial charge is 0.252 e. The van der Waals surface area contributed by atoms with Crippen molar-refractivity contribution in [1.82, 2.24) is 19.0 Å². The van der Waals surface area contributed by atoms with Crippen molar-refractivity contribution >= 4 is 21.6 Å². The summed E-state index contributed by atoms with van der Waals surface area (Å²) in [5.74, 6) is -0.248. The van der Waals surface area contributed by atoms with Crippen LogP contribution in [0.25, 0.3) is 5.65 Å². The molecule has 0 spiro atoms. The molecule has 1 amide bonds. The minimum absolute atomic E-state index is 0.234. The first kappa shape index (κ1) is 14.5. The number of carbonyl (C=O) groups excluding carboxylic acids is 1. The number of aromatic nitrogens is 2. The number of nitrogens with zero attached hydrogens (tertiary/aromatic N) is 3. The Morgan fingerprint density at radius 3 is 2.90 bits per heavy atom. The molecule has 2 heterocycles. The van der Waals surface area contributed by atoms with Gasteiger partial charge in [-0.2, -0.15) is 0 Å². The van der Waals surface area contributed by atoms with Crippen LogP contribution in [0, 0.1) is 0 Å². The van der Waals surface area contributed by atoms with Crippen LogP contribution in [-0.2, 0) is 10.0 Å². The molecule has 0 unspecified atom stereocenters. The molecule has 0 aromatic carbocycles. The van der Waals surface area contributed by atoms with Gasteiger partial charge in [-0.05, 0) is 12.1 Å². The lowest BCUT2D eigenvalue weighted by Crippen LogP contribution is -2.35. The summed E-state index contributed by atoms with van der Waals surface area (Å²) in [6.45, 7) is 0.488. The molecule has 20 heavy (non-hydrogen) atoms. The van der Waals surface area contributed by atoms with Crippen LogP contribution >= 0.6 is 0 Å². The fourth-order valence-electron chi connectivity index (χ4n) is 1.65. The average molecular weight is 296 g/mol. The van der Waals surface area contributed by atoms with Gasteiger partial charge < -0.3 is 9.72 Å². The maximum atomic E-state index is 11.9. The number of nitrogens with one attached hydrogen (secondary N) is 1. The van der Waals surface area contributed by atoms with E-state index in [2.05, 4.69) is 10.3 Å². The van der Waals surface area contributed by atoms with Crippen LogP contribution in [0.15, 0.2) is 30.7 Å². The summed E-state index contributed by atoms with van der Waals surface area (Å²) in [5, 5.41) is 2.68. The minimum atomic E-state index is -3.22. The number of hydrogen-bond donors (Lipinski definition) is 1. The number of amides is 1. The monoisotopic (exact) mass is 296 g/mol. The van der Waals surface area contributed by atoms with Crippen LogP contribution in [0.4, 0.5) is 0 Å². The standard InChI is InChI=1S/C12H16N4O3S/c1-15(20(2,18)19)7-5-14-12(17)10-3-4-11-13-6-8-16(11)9-10/h3-4,6,8-9H,5,7H2,1-2H3,(H,14,17). The van der Waals surface area contributed by atoms with Gasteiger partial charge in [-0.3, -0.25) is 4.79 Å². The summed E-state index contributed by atoms with van der Waals surface area (Å²) in [5.41, 5.74) is 1.26. The summed E-state index contributed by atoms with van der Waals surface area (Å²) in [6, 6.07) is 3.43. The third-order valence-electron chi connectivity index (χ3n) is 2.93. The highest BCUT2D eigenvalue weighted by Gasteiger charge is 2.11. The van der Waals surface area contributed by atoms with Crippen molar-refractivity contribution in [3.8, 4) is 0 Å². The number of likely N-dealkylation sites (N-methyl/N-ethyl adjacent to an activating group) is 1. The van der Waals surface area contributed by atoms with Crippen LogP contribution in [0.1, 0.15) is 10.4 Å². The van der Waals surface area contributed by atoms with E-state index >= 15 is 0 Å². The topological polar surface area (TPSA) is 83.8 Å². The van der Waals surface area contributed by atoms with E-state index in [1.165, 1.54) is 11.4 Å². The molecular formula is C12H16N4O3S. The Kier molecular flexibility index (Phi) is 4.05. The molecule has 0 fully saturated rings. The van der Waals surface area contributed by atoms with Crippen molar-refractivity contribution in [2.45, 2.75) is 0 Å². The Morgan fingerprint density at radius 1 is 1.45 bits per heavy atom. The van der Waals surface area contributed by atoms with E-state index in [0.29, 0.717) is 5.56 Å². The van der Waals surface area contributed by atoms with Gasteiger partial charge in [-0.1, -0.05) is 0 Å². The molecule has 0 bridgehead atoms. The molecule has 0 atom stereocenters. The zero-order valence-electron chi connectivity index (χ0n) is 11.3. The van der Waals surface area contributed by atoms with E-state index in [1.54, 1.807) is 35.1 Å². The van der Waals surface area contributed by atoms with E-state index in [9.17, 15) is 13.2 Å². The molecule has 2 rings (SSSR count). The highest BCUT2D eigenvalue weighted by molar-refractivity contribution is 7.88. The van der Waals surface area contributed by atoms with Gasteiger partial charge in [0.2, 0.25) is 10.0 Å². The van der Waals surface area contributed by atoms with Crippen molar-refractivity contribution in [1.29, 1.82) is 0 Å². The predicted molar refractivity (Wildman–Crippen MR) is 75.0 cm³/mol. The van der Waals surface area contributed by atoms with Crippen LogP contribution < -0.4 is 5.32 Å². The summed E-state index contributed by atoms with van der Waals surface area (Å²) in [6.07, 6.45) is 6.21. The molecule has 0 aliphatic carbocycles. The largest absolute Gasteiger partial charge is 0.351 e. The third-order valence-corrected chi connectivity index (χ3v) is 4.24. The molecule has 2 aromatic rings. The van der Waals surface area contributed by atoms with E-state index in [-0.39, 0.29) is 19.0 Å². The number of imidazole rings is 1. The highest BCUT2D eigenvalue weighted by atomic mass is 32.2. The first-order valence-electron chi connectivity index (χ1n) is 6.00. The Bertz CT molecular complexity index is 723. The third kappa shape index (κ3) is 3.34. The molecule has 0 saturated carbocycles. The van der Waals surface area contributed by atoms with Crippen molar-refractivity contribution in [2.24, 2.45) is 0 Å². The summed E-state index contributed by atoms with van der Waals surface area (Å²) in [7, 11) is -1.75. The van der Waals surface area contributed by atoms with Gasteiger partial charge in [0.1, 0.15) is 5.65 Å². The van der Waals surface area contributed by atoms with Gasteiger partial charge in [0.05, 0.1) is 11.8 Å². The molecular weight excluding hydrogens is 280 g/mol. The Morgan fingerprint density at radius 2 is 2.20 bits per heavy atom. The molecule has 0 radical (unpaired) electrons. The maximum Gasteiger partial charge on any atom is 0.252 e. The maximum absolute atomic E-state index is 11.9. The zero-order chi connectivity index (χ0) is 14.8. The molecule has 0 aliphatic rings. The fourth-order valence-corrected chi connectivity index (χ4v) is 2.07. The van der Waals surface area contributed by atoms with Crippen LogP contribution in [0.2, 0.25) is 0 Å². The summed E-state index contributed by atoms with van der Waals surface area (Å²) < 4.78 is 25.3. The van der Waals surface area contributed by atoms with Gasteiger partial charge in [0.15, 0.2) is 0 Å². The van der Waals surface area contributed by atoms with E-state index < -0.39 is 10.0 Å². The number of carbonyl (C=O) groups is 1. The Balaban J connectivity index is 1.95. The van der Waals surface area contributed by atoms with Crippen molar-refractivity contribution < 1.29 is 13.2 Å². The number of pyridine rings is 1. The highest BCUT2D eigenvalue weighted by Crippen LogP contribution is 2.04. The lowest BCUT2D eigenvalue weighted by Gasteiger charge is -2.14. The first-order valence-corrected chi connectivity index (χ1v) is 7.85. The molecule has 0 aliphatic heterocycles. The summed E-state index contributed by atoms with van der Waals surface area (Å²) >= 11 is 0. The Labute approximate surface area is 117 Å². The van der Waals surface area contributed by atoms with E-state index in [1.807, 2.05) is 0 Å². The van der Waals surface area contributed by atoms with E-state index in [0.717, 1.165) is 11.9 Å². The fraction of sp³-hybridized carbons (Fsp3) is 0.333. The second-order valence-electron chi connectivity index (χ2n) is 4.45. The summed E-state index contributed by atoms with van der Waals surface area (Å²) in [4.78, 5) is 16.0. The molecule has 1 N–H and O–H groups in total. The first-order chi connectivity index (χ1) is 9.38. The normalized spacial score (nSPS) is 11.9. The molecule has 8 heteroatoms. The Hall–Kier alpha value is -1.93. The van der Waals surface area contributed by atoms with Gasteiger partial charge in [-0.15, -0.1) is 0 Å². The van der Waals surface area contributed by atoms with Gasteiger partial charge >= 0.3 is 0 Å². The number of sulfonamides is 1. The van der Waals surface area contributed by atoms with Crippen LogP contribution in [-0.4, -0.2) is 54.4 Å². The molecule has 2 aromatic heterocycles. The zero-order valence-corrected chi connectivity index (χ0v) is 12.1. The van der Waals surface area contributed by atoms with Crippen LogP contribution in [0.3, 0.4) is 0 Å². The van der Waals surface area contributed by atoms with Gasteiger partial charge in [0, 0.05) is 38.7 Å². The van der Waals surface area contributed by atoms with Gasteiger partial charge in [0.25, 0.3) is 5.91 Å². The van der Waals surface area contributed by atoms with Crippen molar-refractivity contribution in [3.63, 3.8) is 0 Å². The van der Waals surface area contributed by atoms with Gasteiger partial charge in [-0.25, -0.2) is 17.7 Å². The number of hydrogen-bond acceptors (Lipinski definition) is 4.